The van der Waals surface area contributed by atoms with Crippen LogP contribution in [0.1, 0.15) is 57.4 Å². The average Bonchev–Trinajstić information content (AvgIpc) is 2.96. The van der Waals surface area contributed by atoms with Crippen LogP contribution in [-0.2, 0) is 4.79 Å². The fraction of sp³-hybridized carbons (Fsp3) is 0.600. The van der Waals surface area contributed by atoms with E-state index in [0.717, 1.165) is 18.5 Å². The highest BCUT2D eigenvalue weighted by Gasteiger charge is 2.31. The third-order valence-electron chi connectivity index (χ3n) is 5.27. The van der Waals surface area contributed by atoms with Crippen LogP contribution in [0.4, 0.5) is 10.5 Å². The molecule has 5 nitrogen and oxygen atoms in total. The Balaban J connectivity index is 1.55. The molecule has 0 spiro atoms. The molecule has 1 saturated heterocycles. The molecule has 0 bridgehead atoms. The minimum atomic E-state index is -0.0731. The molecule has 1 aromatic carbocycles. The summed E-state index contributed by atoms with van der Waals surface area (Å²) in [7, 11) is 0. The molecule has 5 heteroatoms. The van der Waals surface area contributed by atoms with Gasteiger partial charge in [-0.1, -0.05) is 45.2 Å². The first-order chi connectivity index (χ1) is 12.0. The van der Waals surface area contributed by atoms with Crippen LogP contribution >= 0.6 is 0 Å². The average molecular weight is 343 g/mol. The number of carbonyl (C=O) groups excluding carboxylic acids is 2. The highest BCUT2D eigenvalue weighted by atomic mass is 16.2. The van der Waals surface area contributed by atoms with Crippen LogP contribution < -0.4 is 10.2 Å². The van der Waals surface area contributed by atoms with Gasteiger partial charge in [-0.05, 0) is 36.5 Å². The molecule has 1 saturated carbocycles. The second-order valence-corrected chi connectivity index (χ2v) is 7.50. The van der Waals surface area contributed by atoms with Gasteiger partial charge < -0.3 is 10.2 Å². The number of anilines is 1. The minimum Gasteiger partial charge on any atom is -0.352 e. The van der Waals surface area contributed by atoms with Crippen molar-refractivity contribution in [1.29, 1.82) is 0 Å². The van der Waals surface area contributed by atoms with Gasteiger partial charge in [0, 0.05) is 24.8 Å². The van der Waals surface area contributed by atoms with Gasteiger partial charge in [0.2, 0.25) is 5.91 Å². The second kappa shape index (κ2) is 7.89. The Labute approximate surface area is 150 Å². The monoisotopic (exact) mass is 343 g/mol. The Morgan fingerprint density at radius 1 is 1.12 bits per heavy atom. The lowest BCUT2D eigenvalue weighted by Gasteiger charge is -2.24. The topological polar surface area (TPSA) is 52.6 Å². The third-order valence-corrected chi connectivity index (χ3v) is 5.27. The number of benzene rings is 1. The Bertz CT molecular complexity index is 606. The van der Waals surface area contributed by atoms with E-state index in [9.17, 15) is 9.59 Å². The molecule has 1 heterocycles. The molecule has 136 valence electrons. The van der Waals surface area contributed by atoms with Crippen molar-refractivity contribution < 1.29 is 9.59 Å². The SMILES string of the molecule is CC(C)c1ccc(N2CCN(CC(=O)NC3CCCCC3)C2=O)cc1. The van der Waals surface area contributed by atoms with E-state index in [-0.39, 0.29) is 18.5 Å². The van der Waals surface area contributed by atoms with Crippen molar-refractivity contribution in [2.24, 2.45) is 0 Å². The molecule has 1 aromatic rings. The second-order valence-electron chi connectivity index (χ2n) is 7.50. The summed E-state index contributed by atoms with van der Waals surface area (Å²) in [6.07, 6.45) is 5.77. The largest absolute Gasteiger partial charge is 0.352 e. The van der Waals surface area contributed by atoms with Crippen molar-refractivity contribution in [2.75, 3.05) is 24.5 Å². The molecule has 0 unspecified atom stereocenters. The smallest absolute Gasteiger partial charge is 0.325 e. The molecule has 3 rings (SSSR count). The maximum atomic E-state index is 12.6. The highest BCUT2D eigenvalue weighted by molar-refractivity contribution is 5.96. The normalized spacial score (nSPS) is 18.9. The molecule has 25 heavy (non-hydrogen) atoms. The summed E-state index contributed by atoms with van der Waals surface area (Å²) in [6, 6.07) is 8.37. The predicted octanol–water partition coefficient (Wildman–Crippen LogP) is 3.50. The van der Waals surface area contributed by atoms with Crippen molar-refractivity contribution in [3.63, 3.8) is 0 Å². The zero-order valence-corrected chi connectivity index (χ0v) is 15.3. The van der Waals surface area contributed by atoms with Gasteiger partial charge >= 0.3 is 6.03 Å². The van der Waals surface area contributed by atoms with Gasteiger partial charge in [-0.2, -0.15) is 0 Å². The van der Waals surface area contributed by atoms with Gasteiger partial charge in [0.25, 0.3) is 0 Å². The summed E-state index contributed by atoms with van der Waals surface area (Å²) in [6.45, 7) is 5.71. The summed E-state index contributed by atoms with van der Waals surface area (Å²) in [4.78, 5) is 28.3. The van der Waals surface area contributed by atoms with E-state index in [0.29, 0.717) is 25.0 Å². The Hall–Kier alpha value is -2.04. The quantitative estimate of drug-likeness (QED) is 0.889. The highest BCUT2D eigenvalue weighted by Crippen LogP contribution is 2.23. The van der Waals surface area contributed by atoms with Crippen molar-refractivity contribution in [3.8, 4) is 0 Å². The van der Waals surface area contributed by atoms with Gasteiger partial charge in [-0.15, -0.1) is 0 Å². The summed E-state index contributed by atoms with van der Waals surface area (Å²) in [5.74, 6) is 0.445. The molecule has 0 atom stereocenters. The molecule has 2 aliphatic rings. The zero-order valence-electron chi connectivity index (χ0n) is 15.3. The Morgan fingerprint density at radius 2 is 1.80 bits per heavy atom. The molecular weight excluding hydrogens is 314 g/mol. The van der Waals surface area contributed by atoms with E-state index in [1.54, 1.807) is 9.80 Å². The van der Waals surface area contributed by atoms with Gasteiger partial charge in [-0.3, -0.25) is 9.69 Å². The fourth-order valence-electron chi connectivity index (χ4n) is 3.70. The number of hydrogen-bond donors (Lipinski definition) is 1. The van der Waals surface area contributed by atoms with Gasteiger partial charge in [0.1, 0.15) is 6.54 Å². The lowest BCUT2D eigenvalue weighted by atomic mass is 9.95. The zero-order chi connectivity index (χ0) is 17.8. The first kappa shape index (κ1) is 17.8. The Morgan fingerprint density at radius 3 is 2.44 bits per heavy atom. The van der Waals surface area contributed by atoms with E-state index in [1.165, 1.54) is 24.8 Å². The minimum absolute atomic E-state index is 0.0303. The van der Waals surface area contributed by atoms with Gasteiger partial charge in [0.15, 0.2) is 0 Å². The van der Waals surface area contributed by atoms with E-state index < -0.39 is 0 Å². The van der Waals surface area contributed by atoms with Gasteiger partial charge in [-0.25, -0.2) is 4.79 Å². The number of hydrogen-bond acceptors (Lipinski definition) is 2. The molecule has 1 aliphatic carbocycles. The number of nitrogens with zero attached hydrogens (tertiary/aromatic N) is 2. The number of urea groups is 1. The number of rotatable bonds is 5. The summed E-state index contributed by atoms with van der Waals surface area (Å²) in [5.41, 5.74) is 2.17. The molecule has 2 fully saturated rings. The van der Waals surface area contributed by atoms with Crippen LogP contribution in [0.15, 0.2) is 24.3 Å². The van der Waals surface area contributed by atoms with Crippen molar-refractivity contribution in [2.45, 2.75) is 57.9 Å². The molecule has 0 radical (unpaired) electrons. The van der Waals surface area contributed by atoms with Crippen molar-refractivity contribution in [1.82, 2.24) is 10.2 Å². The summed E-state index contributed by atoms with van der Waals surface area (Å²) >= 11 is 0. The lowest BCUT2D eigenvalue weighted by molar-refractivity contribution is -0.122. The van der Waals surface area contributed by atoms with Crippen molar-refractivity contribution >= 4 is 17.6 Å². The van der Waals surface area contributed by atoms with Gasteiger partial charge in [0.05, 0.1) is 0 Å². The van der Waals surface area contributed by atoms with E-state index in [4.69, 9.17) is 0 Å². The van der Waals surface area contributed by atoms with Crippen LogP contribution in [-0.4, -0.2) is 42.5 Å². The van der Waals surface area contributed by atoms with E-state index in [2.05, 4.69) is 31.3 Å². The van der Waals surface area contributed by atoms with Crippen LogP contribution in [0.5, 0.6) is 0 Å². The molecular formula is C20H29N3O2. The Kier molecular flexibility index (Phi) is 5.61. The van der Waals surface area contributed by atoms with E-state index in [1.807, 2.05) is 12.1 Å². The summed E-state index contributed by atoms with van der Waals surface area (Å²) < 4.78 is 0. The number of carbonyl (C=O) groups is 2. The van der Waals surface area contributed by atoms with Crippen molar-refractivity contribution in [3.05, 3.63) is 29.8 Å². The maximum Gasteiger partial charge on any atom is 0.325 e. The predicted molar refractivity (Wildman–Crippen MR) is 99.9 cm³/mol. The first-order valence-corrected chi connectivity index (χ1v) is 9.50. The maximum absolute atomic E-state index is 12.6. The number of nitrogens with one attached hydrogen (secondary N) is 1. The standard InChI is InChI=1S/C20H29N3O2/c1-15(2)16-8-10-18(11-9-16)23-13-12-22(20(23)25)14-19(24)21-17-6-4-3-5-7-17/h8-11,15,17H,3-7,12-14H2,1-2H3,(H,21,24). The first-order valence-electron chi connectivity index (χ1n) is 9.50. The molecule has 1 aliphatic heterocycles. The molecule has 3 amide bonds. The summed E-state index contributed by atoms with van der Waals surface area (Å²) in [5, 5.41) is 3.09. The van der Waals surface area contributed by atoms with Crippen LogP contribution in [0.3, 0.4) is 0 Å². The van der Waals surface area contributed by atoms with Crippen LogP contribution in [0.25, 0.3) is 0 Å². The molecule has 0 aromatic heterocycles. The van der Waals surface area contributed by atoms with Crippen LogP contribution in [0, 0.1) is 0 Å². The number of amides is 3. The lowest BCUT2D eigenvalue weighted by Crippen LogP contribution is -2.44. The molecule has 1 N–H and O–H groups in total. The fourth-order valence-corrected chi connectivity index (χ4v) is 3.70. The van der Waals surface area contributed by atoms with Crippen LogP contribution in [0.2, 0.25) is 0 Å². The third kappa shape index (κ3) is 4.33. The van der Waals surface area contributed by atoms with E-state index >= 15 is 0 Å².